The standard InChI is InChI=1S/C22H42O7S/c1-3-5-7-9-11-12-14-16-18-22(21(25)26,30(27,28)29)19(20(23)24)17-15-13-10-8-6-4-2/h19H,3-18H2,1-2H3,(H,23,24)(H,25,26)(H,27,28,29). The molecule has 7 nitrogen and oxygen atoms in total. The lowest BCUT2D eigenvalue weighted by Gasteiger charge is -2.32. The summed E-state index contributed by atoms with van der Waals surface area (Å²) in [5.41, 5.74) is 0. The van der Waals surface area contributed by atoms with Crippen molar-refractivity contribution in [1.29, 1.82) is 0 Å². The van der Waals surface area contributed by atoms with Gasteiger partial charge in [-0.15, -0.1) is 0 Å². The Morgan fingerprint density at radius 3 is 1.50 bits per heavy atom. The summed E-state index contributed by atoms with van der Waals surface area (Å²) in [6.45, 7) is 4.21. The number of hydrogen-bond acceptors (Lipinski definition) is 4. The van der Waals surface area contributed by atoms with Gasteiger partial charge >= 0.3 is 11.9 Å². The zero-order valence-electron chi connectivity index (χ0n) is 18.8. The number of aliphatic carboxylic acids is 2. The zero-order chi connectivity index (χ0) is 23.0. The summed E-state index contributed by atoms with van der Waals surface area (Å²) in [5.74, 6) is -4.92. The highest BCUT2D eigenvalue weighted by Crippen LogP contribution is 2.37. The lowest BCUT2D eigenvalue weighted by molar-refractivity contribution is -0.152. The van der Waals surface area contributed by atoms with Crippen LogP contribution in [-0.4, -0.2) is 39.9 Å². The van der Waals surface area contributed by atoms with Crippen molar-refractivity contribution in [3.63, 3.8) is 0 Å². The summed E-state index contributed by atoms with van der Waals surface area (Å²) in [6.07, 6.45) is 11.9. The fourth-order valence-electron chi connectivity index (χ4n) is 4.06. The summed E-state index contributed by atoms with van der Waals surface area (Å²) in [5, 5.41) is 19.4. The molecule has 0 saturated carbocycles. The van der Waals surface area contributed by atoms with Crippen molar-refractivity contribution < 1.29 is 32.8 Å². The molecule has 178 valence electrons. The van der Waals surface area contributed by atoms with Gasteiger partial charge < -0.3 is 10.2 Å². The van der Waals surface area contributed by atoms with Gasteiger partial charge in [-0.3, -0.25) is 14.1 Å². The van der Waals surface area contributed by atoms with Crippen LogP contribution in [0.25, 0.3) is 0 Å². The SMILES string of the molecule is CCCCCCCCCCC(C(=O)O)(C(CCCCCCCC)C(=O)O)S(=O)(=O)O. The number of carbonyl (C=O) groups is 2. The first-order chi connectivity index (χ1) is 14.1. The van der Waals surface area contributed by atoms with Gasteiger partial charge in [-0.1, -0.05) is 104 Å². The minimum Gasteiger partial charge on any atom is -0.481 e. The van der Waals surface area contributed by atoms with E-state index in [4.69, 9.17) is 0 Å². The zero-order valence-corrected chi connectivity index (χ0v) is 19.6. The van der Waals surface area contributed by atoms with Gasteiger partial charge in [0.15, 0.2) is 0 Å². The number of carboxylic acids is 2. The minimum absolute atomic E-state index is 0.0788. The van der Waals surface area contributed by atoms with Gasteiger partial charge in [0.1, 0.15) is 0 Å². The average molecular weight is 451 g/mol. The van der Waals surface area contributed by atoms with Crippen molar-refractivity contribution in [3.8, 4) is 0 Å². The van der Waals surface area contributed by atoms with Gasteiger partial charge in [0.25, 0.3) is 10.1 Å². The molecule has 0 aliphatic heterocycles. The maximum Gasteiger partial charge on any atom is 0.328 e. The molecular formula is C22H42O7S. The van der Waals surface area contributed by atoms with E-state index in [1.54, 1.807) is 0 Å². The molecule has 0 saturated heterocycles. The lowest BCUT2D eigenvalue weighted by atomic mass is 9.82. The van der Waals surface area contributed by atoms with Crippen LogP contribution in [0.15, 0.2) is 0 Å². The topological polar surface area (TPSA) is 129 Å². The molecule has 2 atom stereocenters. The molecule has 0 aliphatic carbocycles. The summed E-state index contributed by atoms with van der Waals surface area (Å²) in [7, 11) is -5.11. The molecule has 2 unspecified atom stereocenters. The quantitative estimate of drug-likeness (QED) is 0.161. The summed E-state index contributed by atoms with van der Waals surface area (Å²) < 4.78 is 31.5. The maximum atomic E-state index is 12.2. The maximum absolute atomic E-state index is 12.2. The van der Waals surface area contributed by atoms with Crippen molar-refractivity contribution in [1.82, 2.24) is 0 Å². The second kappa shape index (κ2) is 15.6. The molecular weight excluding hydrogens is 408 g/mol. The van der Waals surface area contributed by atoms with E-state index in [0.29, 0.717) is 19.3 Å². The van der Waals surface area contributed by atoms with Gasteiger partial charge in [0.2, 0.25) is 4.75 Å². The second-order valence-electron chi connectivity index (χ2n) is 8.34. The van der Waals surface area contributed by atoms with Crippen LogP contribution in [0.1, 0.15) is 117 Å². The first-order valence-corrected chi connectivity index (χ1v) is 13.0. The van der Waals surface area contributed by atoms with Crippen molar-refractivity contribution in [2.75, 3.05) is 0 Å². The molecule has 0 aromatic heterocycles. The number of unbranched alkanes of at least 4 members (excludes halogenated alkanes) is 12. The third-order valence-electron chi connectivity index (χ3n) is 5.93. The van der Waals surface area contributed by atoms with E-state index < -0.39 is 32.7 Å². The van der Waals surface area contributed by atoms with Crippen LogP contribution >= 0.6 is 0 Å². The van der Waals surface area contributed by atoms with Crippen LogP contribution in [-0.2, 0) is 19.7 Å². The highest BCUT2D eigenvalue weighted by Gasteiger charge is 2.58. The van der Waals surface area contributed by atoms with Gasteiger partial charge in [0.05, 0.1) is 5.92 Å². The van der Waals surface area contributed by atoms with E-state index in [-0.39, 0.29) is 19.3 Å². The number of carboxylic acid groups (broad SMARTS) is 2. The third kappa shape index (κ3) is 9.77. The smallest absolute Gasteiger partial charge is 0.328 e. The summed E-state index contributed by atoms with van der Waals surface area (Å²) in [4.78, 5) is 23.9. The predicted octanol–water partition coefficient (Wildman–Crippen LogP) is 5.68. The molecule has 0 aromatic rings. The normalized spacial score (nSPS) is 14.9. The van der Waals surface area contributed by atoms with E-state index >= 15 is 0 Å². The van der Waals surface area contributed by atoms with Gasteiger partial charge in [-0.05, 0) is 12.8 Å². The Morgan fingerprint density at radius 1 is 0.733 bits per heavy atom. The Morgan fingerprint density at radius 2 is 1.13 bits per heavy atom. The molecule has 0 bridgehead atoms. The Hall–Kier alpha value is -1.15. The highest BCUT2D eigenvalue weighted by molar-refractivity contribution is 7.88. The Labute approximate surface area is 182 Å². The van der Waals surface area contributed by atoms with Crippen LogP contribution in [0.2, 0.25) is 0 Å². The molecule has 30 heavy (non-hydrogen) atoms. The molecule has 0 radical (unpaired) electrons. The lowest BCUT2D eigenvalue weighted by Crippen LogP contribution is -2.55. The molecule has 3 N–H and O–H groups in total. The summed E-state index contributed by atoms with van der Waals surface area (Å²) >= 11 is 0. The first kappa shape index (κ1) is 28.9. The monoisotopic (exact) mass is 450 g/mol. The number of rotatable bonds is 20. The molecule has 0 spiro atoms. The molecule has 0 amide bonds. The van der Waals surface area contributed by atoms with Crippen molar-refractivity contribution in [3.05, 3.63) is 0 Å². The fraction of sp³-hybridized carbons (Fsp3) is 0.909. The molecule has 0 aromatic carbocycles. The van der Waals surface area contributed by atoms with E-state index in [0.717, 1.165) is 57.8 Å². The van der Waals surface area contributed by atoms with Crippen LogP contribution in [0, 0.1) is 5.92 Å². The van der Waals surface area contributed by atoms with Crippen molar-refractivity contribution in [2.24, 2.45) is 5.92 Å². The largest absolute Gasteiger partial charge is 0.481 e. The summed E-state index contributed by atoms with van der Waals surface area (Å²) in [6, 6.07) is 0. The Bertz CT molecular complexity index is 588. The average Bonchev–Trinajstić information content (AvgIpc) is 2.65. The minimum atomic E-state index is -5.11. The van der Waals surface area contributed by atoms with E-state index in [1.807, 2.05) is 0 Å². The van der Waals surface area contributed by atoms with Gasteiger partial charge in [0, 0.05) is 0 Å². The van der Waals surface area contributed by atoms with Crippen LogP contribution in [0.4, 0.5) is 0 Å². The van der Waals surface area contributed by atoms with E-state index in [2.05, 4.69) is 13.8 Å². The third-order valence-corrected chi connectivity index (χ3v) is 7.52. The van der Waals surface area contributed by atoms with Gasteiger partial charge in [-0.2, -0.15) is 8.42 Å². The van der Waals surface area contributed by atoms with Crippen LogP contribution < -0.4 is 0 Å². The molecule has 0 aliphatic rings. The van der Waals surface area contributed by atoms with Crippen molar-refractivity contribution >= 4 is 22.1 Å². The van der Waals surface area contributed by atoms with Crippen LogP contribution in [0.3, 0.4) is 0 Å². The van der Waals surface area contributed by atoms with Crippen molar-refractivity contribution in [2.45, 2.75) is 121 Å². The van der Waals surface area contributed by atoms with Gasteiger partial charge in [-0.25, -0.2) is 0 Å². The fourth-order valence-corrected chi connectivity index (χ4v) is 5.26. The van der Waals surface area contributed by atoms with Crippen LogP contribution in [0.5, 0.6) is 0 Å². The Kier molecular flexibility index (Phi) is 15.0. The first-order valence-electron chi connectivity index (χ1n) is 11.6. The molecule has 0 rings (SSSR count). The highest BCUT2D eigenvalue weighted by atomic mass is 32.2. The Balaban J connectivity index is 5.08. The molecule has 0 heterocycles. The molecule has 8 heteroatoms. The number of hydrogen-bond donors (Lipinski definition) is 3. The van der Waals surface area contributed by atoms with E-state index in [9.17, 15) is 32.8 Å². The molecule has 0 fully saturated rings. The predicted molar refractivity (Wildman–Crippen MR) is 118 cm³/mol. The second-order valence-corrected chi connectivity index (χ2v) is 10.0. The van der Waals surface area contributed by atoms with E-state index in [1.165, 1.54) is 6.42 Å².